The van der Waals surface area contributed by atoms with Crippen molar-refractivity contribution < 1.29 is 4.74 Å². The van der Waals surface area contributed by atoms with Gasteiger partial charge in [-0.3, -0.25) is 0 Å². The summed E-state index contributed by atoms with van der Waals surface area (Å²) < 4.78 is 6.56. The number of hydrogen-bond donors (Lipinski definition) is 1. The molecule has 0 aliphatic heterocycles. The first-order valence-corrected chi connectivity index (χ1v) is 8.65. The minimum atomic E-state index is 0.211. The molecular weight excluding hydrogens is 348 g/mol. The van der Waals surface area contributed by atoms with Crippen LogP contribution in [0, 0.1) is 13.8 Å². The zero-order valence-electron chi connectivity index (χ0n) is 12.9. The van der Waals surface area contributed by atoms with Crippen LogP contribution >= 0.6 is 27.3 Å². The molecule has 0 aliphatic rings. The Kier molecular flexibility index (Phi) is 5.79. The third kappa shape index (κ3) is 4.05. The second-order valence-electron chi connectivity index (χ2n) is 4.95. The van der Waals surface area contributed by atoms with Crippen LogP contribution in [0.3, 0.4) is 0 Å². The number of halogens is 1. The Morgan fingerprint density at radius 2 is 2.14 bits per heavy atom. The summed E-state index contributed by atoms with van der Waals surface area (Å²) in [6.45, 7) is 7.22. The quantitative estimate of drug-likeness (QED) is 0.818. The molecule has 21 heavy (non-hydrogen) atoms. The molecule has 0 aliphatic carbocycles. The first-order chi connectivity index (χ1) is 10.0. The van der Waals surface area contributed by atoms with Crippen molar-refractivity contribution in [1.29, 1.82) is 0 Å². The van der Waals surface area contributed by atoms with Gasteiger partial charge in [-0.1, -0.05) is 28.9 Å². The van der Waals surface area contributed by atoms with Crippen molar-refractivity contribution in [3.63, 3.8) is 0 Å². The van der Waals surface area contributed by atoms with E-state index in [0.717, 1.165) is 28.9 Å². The molecule has 0 saturated carbocycles. The molecule has 2 aromatic rings. The van der Waals surface area contributed by atoms with Gasteiger partial charge in [-0.2, -0.15) is 0 Å². The van der Waals surface area contributed by atoms with E-state index in [4.69, 9.17) is 4.74 Å². The number of thiazole rings is 1. The molecule has 0 saturated heterocycles. The largest absolute Gasteiger partial charge is 0.496 e. The molecule has 0 fully saturated rings. The molecule has 1 aromatic carbocycles. The SMILES string of the molecule is CCNC(Cc1nc(C)c(C)s1)c1ccc(Br)cc1OC. The number of nitrogens with one attached hydrogen (secondary N) is 1. The van der Waals surface area contributed by atoms with E-state index in [1.54, 1.807) is 18.4 Å². The fourth-order valence-electron chi connectivity index (χ4n) is 2.31. The third-order valence-corrected chi connectivity index (χ3v) is 5.06. The zero-order chi connectivity index (χ0) is 15.4. The number of aromatic nitrogens is 1. The number of ether oxygens (including phenoxy) is 1. The van der Waals surface area contributed by atoms with E-state index in [0.29, 0.717) is 0 Å². The monoisotopic (exact) mass is 368 g/mol. The standard InChI is InChI=1S/C16H21BrN2OS/c1-5-18-14(9-16-19-10(2)11(3)21-16)13-7-6-12(17)8-15(13)20-4/h6-8,14,18H,5,9H2,1-4H3. The van der Waals surface area contributed by atoms with Crippen LogP contribution in [0.15, 0.2) is 22.7 Å². The number of benzene rings is 1. The Labute approximate surface area is 138 Å². The van der Waals surface area contributed by atoms with Gasteiger partial charge >= 0.3 is 0 Å². The molecule has 0 bridgehead atoms. The fraction of sp³-hybridized carbons (Fsp3) is 0.438. The van der Waals surface area contributed by atoms with Crippen LogP contribution in [0.25, 0.3) is 0 Å². The number of hydrogen-bond acceptors (Lipinski definition) is 4. The second kappa shape index (κ2) is 7.38. The van der Waals surface area contributed by atoms with Crippen LogP contribution in [0.2, 0.25) is 0 Å². The van der Waals surface area contributed by atoms with E-state index in [1.807, 2.05) is 6.07 Å². The zero-order valence-corrected chi connectivity index (χ0v) is 15.3. The lowest BCUT2D eigenvalue weighted by atomic mass is 10.0. The smallest absolute Gasteiger partial charge is 0.124 e. The maximum absolute atomic E-state index is 5.53. The number of aryl methyl sites for hydroxylation is 2. The molecule has 1 heterocycles. The lowest BCUT2D eigenvalue weighted by molar-refractivity contribution is 0.399. The summed E-state index contributed by atoms with van der Waals surface area (Å²) in [4.78, 5) is 5.95. The summed E-state index contributed by atoms with van der Waals surface area (Å²) in [6.07, 6.45) is 0.880. The molecular formula is C16H21BrN2OS. The average Bonchev–Trinajstić information content (AvgIpc) is 2.77. The summed E-state index contributed by atoms with van der Waals surface area (Å²) in [5.41, 5.74) is 2.31. The minimum absolute atomic E-state index is 0.211. The van der Waals surface area contributed by atoms with Crippen molar-refractivity contribution in [3.05, 3.63) is 43.8 Å². The Hall–Kier alpha value is -0.910. The summed E-state index contributed by atoms with van der Waals surface area (Å²) in [5, 5.41) is 4.71. The average molecular weight is 369 g/mol. The predicted molar refractivity (Wildman–Crippen MR) is 92.4 cm³/mol. The van der Waals surface area contributed by atoms with Crippen LogP contribution < -0.4 is 10.1 Å². The van der Waals surface area contributed by atoms with E-state index < -0.39 is 0 Å². The molecule has 5 heteroatoms. The summed E-state index contributed by atoms with van der Waals surface area (Å²) in [5.74, 6) is 0.903. The highest BCUT2D eigenvalue weighted by Crippen LogP contribution is 2.31. The Bertz CT molecular complexity index is 593. The van der Waals surface area contributed by atoms with Crippen LogP contribution in [-0.2, 0) is 6.42 Å². The summed E-state index contributed by atoms with van der Waals surface area (Å²) in [6, 6.07) is 6.39. The van der Waals surface area contributed by atoms with Crippen LogP contribution in [-0.4, -0.2) is 18.6 Å². The van der Waals surface area contributed by atoms with Crippen molar-refractivity contribution in [2.75, 3.05) is 13.7 Å². The molecule has 1 N–H and O–H groups in total. The van der Waals surface area contributed by atoms with E-state index in [1.165, 1.54) is 15.4 Å². The Morgan fingerprint density at radius 1 is 1.38 bits per heavy atom. The first kappa shape index (κ1) is 16.5. The molecule has 2 rings (SSSR count). The van der Waals surface area contributed by atoms with Gasteiger partial charge in [-0.05, 0) is 32.5 Å². The molecule has 1 atom stereocenters. The molecule has 0 amide bonds. The third-order valence-electron chi connectivity index (χ3n) is 3.47. The molecule has 0 radical (unpaired) electrons. The highest BCUT2D eigenvalue weighted by atomic mass is 79.9. The first-order valence-electron chi connectivity index (χ1n) is 7.04. The molecule has 1 unspecified atom stereocenters. The van der Waals surface area contributed by atoms with E-state index in [2.05, 4.69) is 59.1 Å². The van der Waals surface area contributed by atoms with Crippen molar-refractivity contribution in [2.24, 2.45) is 0 Å². The van der Waals surface area contributed by atoms with Gasteiger partial charge in [0.1, 0.15) is 5.75 Å². The van der Waals surface area contributed by atoms with E-state index in [-0.39, 0.29) is 6.04 Å². The van der Waals surface area contributed by atoms with Crippen molar-refractivity contribution in [3.8, 4) is 5.75 Å². The van der Waals surface area contributed by atoms with Crippen LogP contribution in [0.4, 0.5) is 0 Å². The van der Waals surface area contributed by atoms with Gasteiger partial charge in [-0.15, -0.1) is 11.3 Å². The molecule has 1 aromatic heterocycles. The van der Waals surface area contributed by atoms with Gasteiger partial charge in [0.25, 0.3) is 0 Å². The summed E-state index contributed by atoms with van der Waals surface area (Å²) >= 11 is 5.27. The van der Waals surface area contributed by atoms with Gasteiger partial charge in [0.2, 0.25) is 0 Å². The van der Waals surface area contributed by atoms with Gasteiger partial charge in [-0.25, -0.2) is 4.98 Å². The second-order valence-corrected chi connectivity index (χ2v) is 7.15. The molecule has 114 valence electrons. The van der Waals surface area contributed by atoms with Gasteiger partial charge < -0.3 is 10.1 Å². The number of rotatable bonds is 6. The highest BCUT2D eigenvalue weighted by Gasteiger charge is 2.18. The normalized spacial score (nSPS) is 12.4. The van der Waals surface area contributed by atoms with Crippen LogP contribution in [0.1, 0.15) is 34.1 Å². The minimum Gasteiger partial charge on any atom is -0.496 e. The molecule has 0 spiro atoms. The summed E-state index contributed by atoms with van der Waals surface area (Å²) in [7, 11) is 1.71. The maximum atomic E-state index is 5.53. The lowest BCUT2D eigenvalue weighted by Gasteiger charge is -2.20. The number of methoxy groups -OCH3 is 1. The predicted octanol–water partition coefficient (Wildman–Crippen LogP) is 4.42. The lowest BCUT2D eigenvalue weighted by Crippen LogP contribution is -2.23. The highest BCUT2D eigenvalue weighted by molar-refractivity contribution is 9.10. The fourth-order valence-corrected chi connectivity index (χ4v) is 3.63. The van der Waals surface area contributed by atoms with Crippen LogP contribution in [0.5, 0.6) is 5.75 Å². The maximum Gasteiger partial charge on any atom is 0.124 e. The van der Waals surface area contributed by atoms with Crippen molar-refractivity contribution in [1.82, 2.24) is 10.3 Å². The van der Waals surface area contributed by atoms with E-state index >= 15 is 0 Å². The Morgan fingerprint density at radius 3 is 2.71 bits per heavy atom. The van der Waals surface area contributed by atoms with Crippen molar-refractivity contribution in [2.45, 2.75) is 33.2 Å². The van der Waals surface area contributed by atoms with Crippen molar-refractivity contribution >= 4 is 27.3 Å². The topological polar surface area (TPSA) is 34.2 Å². The number of likely N-dealkylation sites (N-methyl/N-ethyl adjacent to an activating group) is 1. The van der Waals surface area contributed by atoms with Gasteiger partial charge in [0, 0.05) is 27.4 Å². The molecule has 3 nitrogen and oxygen atoms in total. The Balaban J connectivity index is 2.30. The van der Waals surface area contributed by atoms with E-state index in [9.17, 15) is 0 Å². The number of nitrogens with zero attached hydrogens (tertiary/aromatic N) is 1. The van der Waals surface area contributed by atoms with Gasteiger partial charge in [0.15, 0.2) is 0 Å². The van der Waals surface area contributed by atoms with Gasteiger partial charge in [0.05, 0.1) is 17.8 Å².